The highest BCUT2D eigenvalue weighted by Gasteiger charge is 2.10. The summed E-state index contributed by atoms with van der Waals surface area (Å²) >= 11 is 6.69. The minimum absolute atomic E-state index is 0.215. The van der Waals surface area contributed by atoms with E-state index in [4.69, 9.17) is 9.47 Å². The fourth-order valence-corrected chi connectivity index (χ4v) is 2.69. The van der Waals surface area contributed by atoms with Crippen LogP contribution in [0.1, 0.15) is 15.9 Å². The van der Waals surface area contributed by atoms with E-state index >= 15 is 0 Å². The van der Waals surface area contributed by atoms with Crippen molar-refractivity contribution in [3.8, 4) is 11.5 Å². The molecule has 6 nitrogen and oxygen atoms in total. The maximum atomic E-state index is 12.0. The Balaban J connectivity index is 1.83. The van der Waals surface area contributed by atoms with Crippen LogP contribution in [0.4, 0.5) is 0 Å². The van der Waals surface area contributed by atoms with Gasteiger partial charge in [-0.05, 0) is 64.8 Å². The van der Waals surface area contributed by atoms with Crippen LogP contribution in [0, 0.1) is 6.92 Å². The van der Waals surface area contributed by atoms with Crippen molar-refractivity contribution in [2.24, 2.45) is 0 Å². The Kier molecular flexibility index (Phi) is 6.83. The predicted octanol–water partition coefficient (Wildman–Crippen LogP) is 3.37. The molecule has 8 heteroatoms. The summed E-state index contributed by atoms with van der Waals surface area (Å²) in [6.45, 7) is 1.71. The Bertz CT molecular complexity index is 796. The molecule has 0 aromatic heterocycles. The zero-order chi connectivity index (χ0) is 18.4. The molecular weight excluding hydrogens is 456 g/mol. The largest absolute Gasteiger partial charge is 0.496 e. The van der Waals surface area contributed by atoms with E-state index in [0.717, 1.165) is 10.0 Å². The maximum absolute atomic E-state index is 12.0. The molecule has 0 aliphatic heterocycles. The maximum Gasteiger partial charge on any atom is 0.276 e. The second-order valence-electron chi connectivity index (χ2n) is 5.05. The molecule has 2 aromatic carbocycles. The van der Waals surface area contributed by atoms with E-state index in [1.807, 2.05) is 19.1 Å². The van der Waals surface area contributed by atoms with Gasteiger partial charge < -0.3 is 9.47 Å². The highest BCUT2D eigenvalue weighted by Crippen LogP contribution is 2.25. The van der Waals surface area contributed by atoms with Crippen LogP contribution in [-0.4, -0.2) is 25.5 Å². The Labute approximate surface area is 162 Å². The minimum Gasteiger partial charge on any atom is -0.496 e. The summed E-state index contributed by atoms with van der Waals surface area (Å²) in [5, 5.41) is 0. The van der Waals surface area contributed by atoms with Gasteiger partial charge in [0.25, 0.3) is 11.8 Å². The van der Waals surface area contributed by atoms with E-state index in [2.05, 4.69) is 42.7 Å². The molecule has 2 aromatic rings. The lowest BCUT2D eigenvalue weighted by Gasteiger charge is -2.10. The number of amides is 2. The van der Waals surface area contributed by atoms with Crippen LogP contribution in [0.3, 0.4) is 0 Å². The van der Waals surface area contributed by atoms with E-state index in [1.165, 1.54) is 7.11 Å². The summed E-state index contributed by atoms with van der Waals surface area (Å²) in [6.07, 6.45) is 0. The van der Waals surface area contributed by atoms with Gasteiger partial charge in [0.15, 0.2) is 6.61 Å². The average Bonchev–Trinajstić information content (AvgIpc) is 2.60. The van der Waals surface area contributed by atoms with Gasteiger partial charge in [-0.25, -0.2) is 0 Å². The zero-order valence-corrected chi connectivity index (χ0v) is 16.7. The van der Waals surface area contributed by atoms with Gasteiger partial charge >= 0.3 is 0 Å². The van der Waals surface area contributed by atoms with E-state index in [1.54, 1.807) is 24.3 Å². The third kappa shape index (κ3) is 5.47. The Hall–Kier alpha value is -2.06. The summed E-state index contributed by atoms with van der Waals surface area (Å²) in [4.78, 5) is 23.8. The van der Waals surface area contributed by atoms with Crippen LogP contribution in [0.15, 0.2) is 45.3 Å². The van der Waals surface area contributed by atoms with Crippen molar-refractivity contribution < 1.29 is 19.1 Å². The number of nitrogens with one attached hydrogen (secondary N) is 2. The SMILES string of the molecule is COc1ccc(C(=O)NNC(=O)COc2ccc(Br)c(C)c2)cc1Br. The van der Waals surface area contributed by atoms with Gasteiger partial charge in [0, 0.05) is 10.0 Å². The van der Waals surface area contributed by atoms with Crippen molar-refractivity contribution in [2.75, 3.05) is 13.7 Å². The van der Waals surface area contributed by atoms with Crippen LogP contribution in [-0.2, 0) is 4.79 Å². The van der Waals surface area contributed by atoms with Gasteiger partial charge in [-0.2, -0.15) is 0 Å². The molecule has 2 N–H and O–H groups in total. The number of ether oxygens (including phenoxy) is 2. The number of carbonyl (C=O) groups is 2. The molecule has 0 saturated heterocycles. The van der Waals surface area contributed by atoms with Crippen LogP contribution in [0.2, 0.25) is 0 Å². The van der Waals surface area contributed by atoms with Crippen LogP contribution in [0.25, 0.3) is 0 Å². The molecule has 0 heterocycles. The summed E-state index contributed by atoms with van der Waals surface area (Å²) in [6, 6.07) is 10.2. The first-order valence-electron chi connectivity index (χ1n) is 7.22. The number of benzene rings is 2. The lowest BCUT2D eigenvalue weighted by Crippen LogP contribution is -2.43. The number of hydrogen-bond donors (Lipinski definition) is 2. The third-order valence-corrected chi connectivity index (χ3v) is 4.74. The van der Waals surface area contributed by atoms with E-state index in [-0.39, 0.29) is 6.61 Å². The fourth-order valence-electron chi connectivity index (χ4n) is 1.90. The molecule has 0 aliphatic carbocycles. The van der Waals surface area contributed by atoms with Gasteiger partial charge in [0.1, 0.15) is 11.5 Å². The van der Waals surface area contributed by atoms with Crippen molar-refractivity contribution in [1.82, 2.24) is 10.9 Å². The van der Waals surface area contributed by atoms with Crippen molar-refractivity contribution >= 4 is 43.7 Å². The number of rotatable bonds is 5. The zero-order valence-electron chi connectivity index (χ0n) is 13.6. The van der Waals surface area contributed by atoms with Gasteiger partial charge in [-0.15, -0.1) is 0 Å². The van der Waals surface area contributed by atoms with Crippen molar-refractivity contribution in [2.45, 2.75) is 6.92 Å². The molecule has 0 unspecified atom stereocenters. The second-order valence-corrected chi connectivity index (χ2v) is 6.76. The third-order valence-electron chi connectivity index (χ3n) is 3.23. The molecule has 0 bridgehead atoms. The number of aryl methyl sites for hydroxylation is 1. The van der Waals surface area contributed by atoms with Crippen LogP contribution >= 0.6 is 31.9 Å². The normalized spacial score (nSPS) is 10.1. The molecule has 0 spiro atoms. The highest BCUT2D eigenvalue weighted by atomic mass is 79.9. The first-order chi connectivity index (χ1) is 11.9. The van der Waals surface area contributed by atoms with Crippen LogP contribution < -0.4 is 20.3 Å². The molecule has 2 rings (SSSR count). The minimum atomic E-state index is -0.471. The number of methoxy groups -OCH3 is 1. The first-order valence-corrected chi connectivity index (χ1v) is 8.81. The molecule has 0 saturated carbocycles. The molecule has 0 radical (unpaired) electrons. The van der Waals surface area contributed by atoms with E-state index < -0.39 is 11.8 Å². The van der Waals surface area contributed by atoms with Gasteiger partial charge in [-0.1, -0.05) is 15.9 Å². The van der Waals surface area contributed by atoms with E-state index in [0.29, 0.717) is 21.5 Å². The Morgan fingerprint density at radius 2 is 1.80 bits per heavy atom. The fraction of sp³-hybridized carbons (Fsp3) is 0.176. The lowest BCUT2D eigenvalue weighted by atomic mass is 10.2. The van der Waals surface area contributed by atoms with Gasteiger partial charge in [-0.3, -0.25) is 20.4 Å². The van der Waals surface area contributed by atoms with E-state index in [9.17, 15) is 9.59 Å². The summed E-state index contributed by atoms with van der Waals surface area (Å²) in [5.41, 5.74) is 6.01. The van der Waals surface area contributed by atoms with Gasteiger partial charge in [0.2, 0.25) is 0 Å². The predicted molar refractivity (Wildman–Crippen MR) is 101 cm³/mol. The van der Waals surface area contributed by atoms with Crippen LogP contribution in [0.5, 0.6) is 11.5 Å². The molecule has 0 aliphatic rings. The van der Waals surface area contributed by atoms with Crippen molar-refractivity contribution in [1.29, 1.82) is 0 Å². The van der Waals surface area contributed by atoms with Crippen molar-refractivity contribution in [3.05, 3.63) is 56.5 Å². The molecule has 132 valence electrons. The molecule has 2 amide bonds. The van der Waals surface area contributed by atoms with Gasteiger partial charge in [0.05, 0.1) is 11.6 Å². The Morgan fingerprint density at radius 3 is 2.44 bits per heavy atom. The quantitative estimate of drug-likeness (QED) is 0.655. The summed E-state index contributed by atoms with van der Waals surface area (Å²) in [5.74, 6) is 0.262. The standard InChI is InChI=1S/C17H16Br2N2O4/c1-10-7-12(4-5-13(10)18)25-9-16(22)20-21-17(23)11-3-6-15(24-2)14(19)8-11/h3-8H,9H2,1-2H3,(H,20,22)(H,21,23). The number of hydrazine groups is 1. The smallest absolute Gasteiger partial charge is 0.276 e. The number of hydrogen-bond acceptors (Lipinski definition) is 4. The molecule has 0 atom stereocenters. The second kappa shape index (κ2) is 8.87. The monoisotopic (exact) mass is 470 g/mol. The molecule has 0 fully saturated rings. The molecule has 25 heavy (non-hydrogen) atoms. The average molecular weight is 472 g/mol. The Morgan fingerprint density at radius 1 is 1.04 bits per heavy atom. The topological polar surface area (TPSA) is 76.7 Å². The highest BCUT2D eigenvalue weighted by molar-refractivity contribution is 9.10. The van der Waals surface area contributed by atoms with Crippen molar-refractivity contribution in [3.63, 3.8) is 0 Å². The summed E-state index contributed by atoms with van der Waals surface area (Å²) in [7, 11) is 1.53. The number of carbonyl (C=O) groups excluding carboxylic acids is 2. The summed E-state index contributed by atoms with van der Waals surface area (Å²) < 4.78 is 12.1. The lowest BCUT2D eigenvalue weighted by molar-refractivity contribution is -0.123. The first kappa shape index (κ1) is 19.3. The number of halogens is 2. The molecular formula is C17H16Br2N2O4.